The molecular formula is C13H22O5. The summed E-state index contributed by atoms with van der Waals surface area (Å²) in [5.74, 6) is -0.288. The van der Waals surface area contributed by atoms with Gasteiger partial charge in [0, 0.05) is 19.8 Å². The van der Waals surface area contributed by atoms with Gasteiger partial charge in [0.1, 0.15) is 12.7 Å². The Balaban J connectivity index is 2.64. The first-order valence-electron chi connectivity index (χ1n) is 6.29. The summed E-state index contributed by atoms with van der Waals surface area (Å²) in [4.78, 5) is 21.9. The molecule has 0 amide bonds. The first kappa shape index (κ1) is 15.0. The summed E-state index contributed by atoms with van der Waals surface area (Å²) in [5.41, 5.74) is 0. The molecule has 1 fully saturated rings. The van der Waals surface area contributed by atoms with E-state index in [4.69, 9.17) is 14.2 Å². The lowest BCUT2D eigenvalue weighted by Crippen LogP contribution is -2.51. The van der Waals surface area contributed by atoms with Crippen LogP contribution in [0.3, 0.4) is 0 Å². The van der Waals surface area contributed by atoms with Crippen molar-refractivity contribution >= 4 is 11.9 Å². The van der Waals surface area contributed by atoms with Crippen LogP contribution in [0.5, 0.6) is 0 Å². The van der Waals surface area contributed by atoms with Crippen molar-refractivity contribution in [2.24, 2.45) is 11.8 Å². The van der Waals surface area contributed by atoms with Crippen LogP contribution in [-0.2, 0) is 23.8 Å². The van der Waals surface area contributed by atoms with Crippen LogP contribution in [0.15, 0.2) is 0 Å². The summed E-state index contributed by atoms with van der Waals surface area (Å²) in [6.45, 7) is 8.94. The molecule has 0 saturated carbocycles. The molecule has 5 heteroatoms. The summed E-state index contributed by atoms with van der Waals surface area (Å²) in [6.07, 6.45) is -0.586. The SMILES string of the molecule is CC(=O)OC[C@@H]1OC(C)[C@@H](OC(C)=O)[C@H](C)[C@@H]1C. The van der Waals surface area contributed by atoms with E-state index in [1.165, 1.54) is 13.8 Å². The van der Waals surface area contributed by atoms with E-state index >= 15 is 0 Å². The molecule has 104 valence electrons. The van der Waals surface area contributed by atoms with E-state index in [0.717, 1.165) is 0 Å². The maximum atomic E-state index is 11.1. The lowest BCUT2D eigenvalue weighted by Gasteiger charge is -2.42. The maximum Gasteiger partial charge on any atom is 0.303 e. The fourth-order valence-electron chi connectivity index (χ4n) is 2.33. The second-order valence-corrected chi connectivity index (χ2v) is 4.97. The van der Waals surface area contributed by atoms with Crippen LogP contribution in [0, 0.1) is 11.8 Å². The second kappa shape index (κ2) is 6.18. The average molecular weight is 258 g/mol. The Hall–Kier alpha value is -1.10. The lowest BCUT2D eigenvalue weighted by atomic mass is 9.82. The Morgan fingerprint density at radius 2 is 1.67 bits per heavy atom. The van der Waals surface area contributed by atoms with E-state index in [9.17, 15) is 9.59 Å². The van der Waals surface area contributed by atoms with E-state index in [0.29, 0.717) is 0 Å². The Morgan fingerprint density at radius 1 is 1.06 bits per heavy atom. The Morgan fingerprint density at radius 3 is 2.17 bits per heavy atom. The minimum absolute atomic E-state index is 0.147. The molecule has 0 spiro atoms. The van der Waals surface area contributed by atoms with Gasteiger partial charge in [-0.15, -0.1) is 0 Å². The summed E-state index contributed by atoms with van der Waals surface area (Å²) in [7, 11) is 0. The third-order valence-corrected chi connectivity index (χ3v) is 3.54. The first-order valence-corrected chi connectivity index (χ1v) is 6.29. The highest BCUT2D eigenvalue weighted by molar-refractivity contribution is 5.66. The van der Waals surface area contributed by atoms with Crippen molar-refractivity contribution in [2.45, 2.75) is 52.9 Å². The van der Waals surface area contributed by atoms with E-state index in [1.54, 1.807) is 0 Å². The smallest absolute Gasteiger partial charge is 0.303 e. The van der Waals surface area contributed by atoms with E-state index in [2.05, 4.69) is 0 Å². The van der Waals surface area contributed by atoms with Crippen molar-refractivity contribution in [3.05, 3.63) is 0 Å². The van der Waals surface area contributed by atoms with Gasteiger partial charge < -0.3 is 14.2 Å². The minimum Gasteiger partial charge on any atom is -0.463 e. The highest BCUT2D eigenvalue weighted by Gasteiger charge is 2.41. The summed E-state index contributed by atoms with van der Waals surface area (Å²) < 4.78 is 16.1. The molecule has 18 heavy (non-hydrogen) atoms. The minimum atomic E-state index is -0.312. The molecule has 5 nitrogen and oxygen atoms in total. The lowest BCUT2D eigenvalue weighted by molar-refractivity contribution is -0.199. The predicted molar refractivity (Wildman–Crippen MR) is 64.9 cm³/mol. The van der Waals surface area contributed by atoms with Crippen molar-refractivity contribution in [3.8, 4) is 0 Å². The first-order chi connectivity index (χ1) is 8.32. The van der Waals surface area contributed by atoms with Crippen molar-refractivity contribution < 1.29 is 23.8 Å². The fraction of sp³-hybridized carbons (Fsp3) is 0.846. The van der Waals surface area contributed by atoms with Gasteiger partial charge in [0.15, 0.2) is 0 Å². The molecule has 0 aromatic carbocycles. The predicted octanol–water partition coefficient (Wildman–Crippen LogP) is 1.54. The molecule has 1 aliphatic heterocycles. The van der Waals surface area contributed by atoms with Crippen LogP contribution in [0.25, 0.3) is 0 Å². The Bertz CT molecular complexity index is 313. The van der Waals surface area contributed by atoms with E-state index in [1.807, 2.05) is 20.8 Å². The molecule has 1 saturated heterocycles. The molecule has 0 aliphatic carbocycles. The van der Waals surface area contributed by atoms with Crippen molar-refractivity contribution in [3.63, 3.8) is 0 Å². The molecule has 0 bridgehead atoms. The molecule has 0 radical (unpaired) electrons. The van der Waals surface area contributed by atoms with Crippen LogP contribution in [0.4, 0.5) is 0 Å². The van der Waals surface area contributed by atoms with Gasteiger partial charge in [-0.05, 0) is 12.8 Å². The zero-order valence-corrected chi connectivity index (χ0v) is 11.6. The quantitative estimate of drug-likeness (QED) is 0.719. The van der Waals surface area contributed by atoms with Crippen molar-refractivity contribution in [1.29, 1.82) is 0 Å². The third-order valence-electron chi connectivity index (χ3n) is 3.54. The van der Waals surface area contributed by atoms with Gasteiger partial charge in [-0.1, -0.05) is 13.8 Å². The molecule has 1 unspecified atom stereocenters. The third kappa shape index (κ3) is 3.70. The number of hydrogen-bond acceptors (Lipinski definition) is 5. The summed E-state index contributed by atoms with van der Waals surface area (Å²) >= 11 is 0. The number of carbonyl (C=O) groups is 2. The molecule has 5 atom stereocenters. The number of carbonyl (C=O) groups excluding carboxylic acids is 2. The van der Waals surface area contributed by atoms with Gasteiger partial charge in [-0.3, -0.25) is 9.59 Å². The van der Waals surface area contributed by atoms with E-state index < -0.39 is 0 Å². The number of hydrogen-bond donors (Lipinski definition) is 0. The molecule has 0 N–H and O–H groups in total. The number of esters is 2. The Labute approximate surface area is 108 Å². The van der Waals surface area contributed by atoms with Gasteiger partial charge in [0.2, 0.25) is 0 Å². The van der Waals surface area contributed by atoms with Gasteiger partial charge in [0.25, 0.3) is 0 Å². The zero-order chi connectivity index (χ0) is 13.9. The van der Waals surface area contributed by atoms with Crippen LogP contribution in [0.1, 0.15) is 34.6 Å². The Kier molecular flexibility index (Phi) is 5.14. The van der Waals surface area contributed by atoms with Gasteiger partial charge in [-0.25, -0.2) is 0 Å². The van der Waals surface area contributed by atoms with Gasteiger partial charge in [-0.2, -0.15) is 0 Å². The van der Waals surface area contributed by atoms with Gasteiger partial charge >= 0.3 is 11.9 Å². The second-order valence-electron chi connectivity index (χ2n) is 4.97. The zero-order valence-electron chi connectivity index (χ0n) is 11.6. The molecule has 0 aromatic rings. The topological polar surface area (TPSA) is 61.8 Å². The number of rotatable bonds is 3. The fourth-order valence-corrected chi connectivity index (χ4v) is 2.33. The molecular weight excluding hydrogens is 236 g/mol. The van der Waals surface area contributed by atoms with Crippen LogP contribution >= 0.6 is 0 Å². The number of ether oxygens (including phenoxy) is 3. The maximum absolute atomic E-state index is 11.1. The monoisotopic (exact) mass is 258 g/mol. The highest BCUT2D eigenvalue weighted by atomic mass is 16.6. The van der Waals surface area contributed by atoms with Crippen LogP contribution in [0.2, 0.25) is 0 Å². The largest absolute Gasteiger partial charge is 0.463 e. The normalized spacial score (nSPS) is 35.9. The summed E-state index contributed by atoms with van der Waals surface area (Å²) in [5, 5.41) is 0. The van der Waals surface area contributed by atoms with Gasteiger partial charge in [0.05, 0.1) is 12.2 Å². The highest BCUT2D eigenvalue weighted by Crippen LogP contribution is 2.32. The van der Waals surface area contributed by atoms with Crippen LogP contribution < -0.4 is 0 Å². The van der Waals surface area contributed by atoms with Crippen molar-refractivity contribution in [1.82, 2.24) is 0 Å². The summed E-state index contributed by atoms with van der Waals surface area (Å²) in [6, 6.07) is 0. The molecule has 1 heterocycles. The molecule has 1 rings (SSSR count). The average Bonchev–Trinajstić information content (AvgIpc) is 2.27. The molecule has 0 aromatic heterocycles. The van der Waals surface area contributed by atoms with Crippen molar-refractivity contribution in [2.75, 3.05) is 6.61 Å². The van der Waals surface area contributed by atoms with Crippen LogP contribution in [-0.4, -0.2) is 36.9 Å². The molecule has 1 aliphatic rings. The standard InChI is InChI=1S/C13H22O5/c1-7-8(2)13(18-11(5)15)9(3)17-12(7)6-16-10(4)14/h7-9,12-13H,6H2,1-5H3/t7-,8+,9?,12-,13-/m0/s1. The van der Waals surface area contributed by atoms with E-state index in [-0.39, 0.29) is 48.7 Å².